The zero-order chi connectivity index (χ0) is 15.4. The molecule has 4 heteroatoms. The molecule has 0 bridgehead atoms. The van der Waals surface area contributed by atoms with E-state index in [2.05, 4.69) is 42.6 Å². The summed E-state index contributed by atoms with van der Waals surface area (Å²) in [5, 5.41) is 9.65. The van der Waals surface area contributed by atoms with Crippen LogP contribution in [0.1, 0.15) is 64.4 Å². The smallest absolute Gasteiger partial charge is 0.131 e. The second-order valence-corrected chi connectivity index (χ2v) is 6.79. The molecule has 0 aliphatic carbocycles. The van der Waals surface area contributed by atoms with Crippen LogP contribution in [0.4, 0.5) is 5.69 Å². The minimum Gasteiger partial charge on any atom is -0.390 e. The third-order valence-corrected chi connectivity index (χ3v) is 4.59. The van der Waals surface area contributed by atoms with Crippen LogP contribution in [0.25, 0.3) is 0 Å². The van der Waals surface area contributed by atoms with Crippen molar-refractivity contribution in [3.05, 3.63) is 17.7 Å². The monoisotopic (exact) mass is 291 g/mol. The van der Waals surface area contributed by atoms with E-state index in [0.717, 1.165) is 42.1 Å². The second-order valence-electron chi connectivity index (χ2n) is 6.79. The summed E-state index contributed by atoms with van der Waals surface area (Å²) in [7, 11) is 0. The van der Waals surface area contributed by atoms with Crippen LogP contribution in [0.2, 0.25) is 0 Å². The normalized spacial score (nSPS) is 20.1. The fraction of sp³-hybridized carbons (Fsp3) is 0.765. The number of anilines is 1. The summed E-state index contributed by atoms with van der Waals surface area (Å²) >= 11 is 0. The van der Waals surface area contributed by atoms with Crippen molar-refractivity contribution < 1.29 is 5.11 Å². The van der Waals surface area contributed by atoms with Crippen molar-refractivity contribution in [2.45, 2.75) is 59.5 Å². The number of hydrogen-bond donors (Lipinski definition) is 1. The van der Waals surface area contributed by atoms with Crippen molar-refractivity contribution in [1.82, 2.24) is 9.97 Å². The van der Waals surface area contributed by atoms with Gasteiger partial charge in [-0.05, 0) is 31.1 Å². The fourth-order valence-electron chi connectivity index (χ4n) is 3.11. The van der Waals surface area contributed by atoms with E-state index in [0.29, 0.717) is 5.92 Å². The summed E-state index contributed by atoms with van der Waals surface area (Å²) in [5.74, 6) is 2.67. The zero-order valence-corrected chi connectivity index (χ0v) is 13.8. The van der Waals surface area contributed by atoms with E-state index < -0.39 is 0 Å². The maximum atomic E-state index is 9.65. The van der Waals surface area contributed by atoms with E-state index in [1.807, 2.05) is 6.20 Å². The Morgan fingerprint density at radius 2 is 2.00 bits per heavy atom. The largest absolute Gasteiger partial charge is 0.390 e. The molecule has 1 aliphatic heterocycles. The van der Waals surface area contributed by atoms with Crippen molar-refractivity contribution in [2.75, 3.05) is 18.0 Å². The summed E-state index contributed by atoms with van der Waals surface area (Å²) < 4.78 is 0. The molecule has 0 saturated carbocycles. The lowest BCUT2D eigenvalue weighted by molar-refractivity contribution is 0.276. The van der Waals surface area contributed by atoms with E-state index in [-0.39, 0.29) is 6.61 Å². The van der Waals surface area contributed by atoms with Crippen molar-refractivity contribution >= 4 is 5.69 Å². The predicted octanol–water partition coefficient (Wildman–Crippen LogP) is 3.35. The number of aromatic nitrogens is 2. The van der Waals surface area contributed by atoms with Gasteiger partial charge in [0.15, 0.2) is 0 Å². The van der Waals surface area contributed by atoms with Crippen LogP contribution in [-0.2, 0) is 6.61 Å². The van der Waals surface area contributed by atoms with Crippen LogP contribution in [-0.4, -0.2) is 28.2 Å². The van der Waals surface area contributed by atoms with Gasteiger partial charge in [0.05, 0.1) is 24.2 Å². The number of aliphatic hydroxyl groups excluding tert-OH is 1. The third-order valence-electron chi connectivity index (χ3n) is 4.59. The molecular weight excluding hydrogens is 262 g/mol. The van der Waals surface area contributed by atoms with Gasteiger partial charge in [-0.1, -0.05) is 27.7 Å². The van der Waals surface area contributed by atoms with E-state index in [1.54, 1.807) is 0 Å². The van der Waals surface area contributed by atoms with Gasteiger partial charge in [-0.15, -0.1) is 0 Å². The molecule has 1 aromatic rings. The van der Waals surface area contributed by atoms with Crippen LogP contribution < -0.4 is 4.90 Å². The molecule has 2 rings (SSSR count). The van der Waals surface area contributed by atoms with Crippen LogP contribution in [0.3, 0.4) is 0 Å². The summed E-state index contributed by atoms with van der Waals surface area (Å²) in [4.78, 5) is 11.4. The van der Waals surface area contributed by atoms with Crippen molar-refractivity contribution in [3.8, 4) is 0 Å². The molecular formula is C17H29N3O. The predicted molar refractivity (Wildman–Crippen MR) is 86.4 cm³/mol. The molecule has 0 radical (unpaired) electrons. The van der Waals surface area contributed by atoms with Crippen LogP contribution in [0.15, 0.2) is 6.20 Å². The quantitative estimate of drug-likeness (QED) is 0.924. The summed E-state index contributed by atoms with van der Waals surface area (Å²) in [5.41, 5.74) is 1.79. The molecule has 1 N–H and O–H groups in total. The number of rotatable bonds is 4. The molecule has 4 nitrogen and oxygen atoms in total. The van der Waals surface area contributed by atoms with Crippen LogP contribution in [0, 0.1) is 11.8 Å². The first kappa shape index (κ1) is 16.2. The Bertz CT molecular complexity index is 459. The Morgan fingerprint density at radius 3 is 2.62 bits per heavy atom. The zero-order valence-electron chi connectivity index (χ0n) is 13.8. The number of hydrogen-bond acceptors (Lipinski definition) is 4. The highest BCUT2D eigenvalue weighted by Crippen LogP contribution is 2.28. The highest BCUT2D eigenvalue weighted by molar-refractivity contribution is 5.49. The molecule has 1 saturated heterocycles. The van der Waals surface area contributed by atoms with Crippen molar-refractivity contribution in [3.63, 3.8) is 0 Å². The van der Waals surface area contributed by atoms with Crippen molar-refractivity contribution in [2.24, 2.45) is 11.8 Å². The summed E-state index contributed by atoms with van der Waals surface area (Å²) in [6.07, 6.45) is 5.63. The first-order chi connectivity index (χ1) is 10.0. The van der Waals surface area contributed by atoms with Gasteiger partial charge in [0.2, 0.25) is 0 Å². The van der Waals surface area contributed by atoms with Gasteiger partial charge in [-0.3, -0.25) is 0 Å². The van der Waals surface area contributed by atoms with Gasteiger partial charge >= 0.3 is 0 Å². The van der Waals surface area contributed by atoms with E-state index >= 15 is 0 Å². The fourth-order valence-corrected chi connectivity index (χ4v) is 3.11. The minimum absolute atomic E-state index is 0.0122. The molecule has 1 fully saturated rings. The van der Waals surface area contributed by atoms with E-state index in [9.17, 15) is 5.11 Å². The Balaban J connectivity index is 2.17. The topological polar surface area (TPSA) is 49.2 Å². The minimum atomic E-state index is -0.0122. The van der Waals surface area contributed by atoms with Crippen LogP contribution in [0.5, 0.6) is 0 Å². The summed E-state index contributed by atoms with van der Waals surface area (Å²) in [6.45, 7) is 10.9. The molecule has 118 valence electrons. The van der Waals surface area contributed by atoms with E-state index in [4.69, 9.17) is 0 Å². The van der Waals surface area contributed by atoms with E-state index in [1.165, 1.54) is 19.3 Å². The Hall–Kier alpha value is -1.16. The third kappa shape index (κ3) is 3.94. The molecule has 1 unspecified atom stereocenters. The van der Waals surface area contributed by atoms with Gasteiger partial charge in [-0.2, -0.15) is 0 Å². The standard InChI is InChI=1S/C17H29N3O/c1-12(2)14-6-5-8-20(9-7-14)16-10-18-17(13(3)4)19-15(16)11-21/h10,12-14,21H,5-9,11H2,1-4H3. The molecule has 0 spiro atoms. The van der Waals surface area contributed by atoms with Gasteiger partial charge < -0.3 is 10.0 Å². The Morgan fingerprint density at radius 1 is 1.24 bits per heavy atom. The van der Waals surface area contributed by atoms with Gasteiger partial charge in [-0.25, -0.2) is 9.97 Å². The maximum Gasteiger partial charge on any atom is 0.131 e. The summed E-state index contributed by atoms with van der Waals surface area (Å²) in [6, 6.07) is 0. The van der Waals surface area contributed by atoms with Crippen molar-refractivity contribution in [1.29, 1.82) is 0 Å². The molecule has 1 aliphatic rings. The molecule has 1 aromatic heterocycles. The molecule has 0 amide bonds. The molecule has 0 aromatic carbocycles. The first-order valence-corrected chi connectivity index (χ1v) is 8.24. The van der Waals surface area contributed by atoms with Gasteiger partial charge in [0.25, 0.3) is 0 Å². The maximum absolute atomic E-state index is 9.65. The molecule has 2 heterocycles. The lowest BCUT2D eigenvalue weighted by Gasteiger charge is -2.25. The van der Waals surface area contributed by atoms with Crippen LogP contribution >= 0.6 is 0 Å². The lowest BCUT2D eigenvalue weighted by Crippen LogP contribution is -2.26. The van der Waals surface area contributed by atoms with Gasteiger partial charge in [0.1, 0.15) is 5.82 Å². The lowest BCUT2D eigenvalue weighted by atomic mass is 9.89. The Labute approximate surface area is 128 Å². The van der Waals surface area contributed by atoms with Gasteiger partial charge in [0, 0.05) is 19.0 Å². The molecule has 21 heavy (non-hydrogen) atoms. The number of nitrogens with zero attached hydrogens (tertiary/aromatic N) is 3. The second kappa shape index (κ2) is 7.21. The average Bonchev–Trinajstić information content (AvgIpc) is 2.72. The SMILES string of the molecule is CC(C)c1ncc(N2CCCC(C(C)C)CC2)c(CO)n1. The first-order valence-electron chi connectivity index (χ1n) is 8.24. The average molecular weight is 291 g/mol. The Kier molecular flexibility index (Phi) is 5.57. The molecule has 1 atom stereocenters. The highest BCUT2D eigenvalue weighted by Gasteiger charge is 2.22. The number of aliphatic hydroxyl groups is 1. The highest BCUT2D eigenvalue weighted by atomic mass is 16.3.